The molecule has 6 nitrogen and oxygen atoms in total. The molecule has 0 fully saturated rings. The lowest BCUT2D eigenvalue weighted by Crippen LogP contribution is -2.21. The Morgan fingerprint density at radius 1 is 1.00 bits per heavy atom. The minimum atomic E-state index is -3.59. The van der Waals surface area contributed by atoms with Gasteiger partial charge in [-0.25, -0.2) is 8.42 Å². The highest BCUT2D eigenvalue weighted by Gasteiger charge is 2.22. The van der Waals surface area contributed by atoms with Gasteiger partial charge in [0.2, 0.25) is 21.6 Å². The molecule has 0 saturated carbocycles. The van der Waals surface area contributed by atoms with Crippen molar-refractivity contribution in [3.05, 3.63) is 28.2 Å². The Bertz CT molecular complexity index is 794. The molecule has 0 heterocycles. The van der Waals surface area contributed by atoms with Gasteiger partial charge in [-0.2, -0.15) is 0 Å². The van der Waals surface area contributed by atoms with Crippen LogP contribution in [0.3, 0.4) is 0 Å². The number of rotatable bonds is 16. The Labute approximate surface area is 190 Å². The topological polar surface area (TPSA) is 83.5 Å². The maximum Gasteiger partial charge on any atom is 0.232 e. The van der Waals surface area contributed by atoms with Crippen LogP contribution in [0.2, 0.25) is 0 Å². The lowest BCUT2D eigenvalue weighted by atomic mass is 10.0. The van der Waals surface area contributed by atoms with Gasteiger partial charge in [0.25, 0.3) is 0 Å². The van der Waals surface area contributed by atoms with Crippen LogP contribution in [0.25, 0.3) is 0 Å². The van der Waals surface area contributed by atoms with E-state index < -0.39 is 21.6 Å². The Balaban J connectivity index is 2.73. The number of anilines is 1. The third-order valence-corrected chi connectivity index (χ3v) is 6.62. The first-order valence-electron chi connectivity index (χ1n) is 10.7. The summed E-state index contributed by atoms with van der Waals surface area (Å²) >= 11 is 3.30. The number of ketones is 2. The highest BCUT2D eigenvalue weighted by atomic mass is 79.9. The minimum absolute atomic E-state index is 0.00129. The van der Waals surface area contributed by atoms with Gasteiger partial charge in [-0.1, -0.05) is 55.0 Å². The molecule has 0 saturated heterocycles. The second-order valence-electron chi connectivity index (χ2n) is 7.89. The first-order valence-corrected chi connectivity index (χ1v) is 13.1. The third-order valence-electron chi connectivity index (χ3n) is 4.77. The largest absolute Gasteiger partial charge is 0.309 e. The average Bonchev–Trinajstić information content (AvgIpc) is 2.68. The van der Waals surface area contributed by atoms with E-state index in [0.717, 1.165) is 38.6 Å². The van der Waals surface area contributed by atoms with E-state index in [9.17, 15) is 18.0 Å². The summed E-state index contributed by atoms with van der Waals surface area (Å²) < 4.78 is 28.1. The van der Waals surface area contributed by atoms with E-state index in [0.29, 0.717) is 17.3 Å². The Kier molecular flexibility index (Phi) is 12.4. The zero-order valence-electron chi connectivity index (χ0n) is 18.4. The van der Waals surface area contributed by atoms with Gasteiger partial charge < -0.3 is 4.90 Å². The number of sulfonamides is 1. The van der Waals surface area contributed by atoms with Crippen LogP contribution < -0.4 is 4.72 Å². The first kappa shape index (κ1) is 26.8. The molecule has 0 atom stereocenters. The predicted octanol–water partition coefficient (Wildman–Crippen LogP) is 5.04. The van der Waals surface area contributed by atoms with Crippen LogP contribution in [0.5, 0.6) is 0 Å². The SMILES string of the molecule is CCCCCCCCS(=O)(=O)Nc1ccc(Br)cc1C(=O)C(=O)CCCCN(C)C. The summed E-state index contributed by atoms with van der Waals surface area (Å²) in [5, 5.41) is 0. The molecule has 1 rings (SSSR count). The van der Waals surface area contributed by atoms with Gasteiger partial charge in [0.1, 0.15) is 0 Å². The van der Waals surface area contributed by atoms with Crippen molar-refractivity contribution in [3.8, 4) is 0 Å². The summed E-state index contributed by atoms with van der Waals surface area (Å²) in [4.78, 5) is 27.1. The zero-order valence-corrected chi connectivity index (χ0v) is 20.8. The molecule has 0 aliphatic heterocycles. The molecule has 0 bridgehead atoms. The van der Waals surface area contributed by atoms with E-state index in [4.69, 9.17) is 0 Å². The van der Waals surface area contributed by atoms with Gasteiger partial charge in [-0.05, 0) is 58.1 Å². The number of nitrogens with zero attached hydrogens (tertiary/aromatic N) is 1. The highest BCUT2D eigenvalue weighted by molar-refractivity contribution is 9.10. The lowest BCUT2D eigenvalue weighted by Gasteiger charge is -2.13. The second kappa shape index (κ2) is 13.9. The van der Waals surface area contributed by atoms with Crippen molar-refractivity contribution < 1.29 is 18.0 Å². The Morgan fingerprint density at radius 3 is 2.33 bits per heavy atom. The normalized spacial score (nSPS) is 11.6. The highest BCUT2D eigenvalue weighted by Crippen LogP contribution is 2.24. The van der Waals surface area contributed by atoms with Gasteiger partial charge in [0.05, 0.1) is 17.0 Å². The van der Waals surface area contributed by atoms with Gasteiger partial charge in [0, 0.05) is 10.9 Å². The molecule has 1 aromatic carbocycles. The van der Waals surface area contributed by atoms with E-state index in [2.05, 4.69) is 27.6 Å². The molecular weight excluding hydrogens is 468 g/mol. The van der Waals surface area contributed by atoms with Gasteiger partial charge in [-0.15, -0.1) is 0 Å². The van der Waals surface area contributed by atoms with E-state index in [1.54, 1.807) is 6.07 Å². The van der Waals surface area contributed by atoms with Crippen LogP contribution in [0.15, 0.2) is 22.7 Å². The summed E-state index contributed by atoms with van der Waals surface area (Å²) in [5.41, 5.74) is 0.254. The number of halogens is 1. The lowest BCUT2D eigenvalue weighted by molar-refractivity contribution is -0.115. The van der Waals surface area contributed by atoms with Crippen molar-refractivity contribution >= 4 is 43.2 Å². The van der Waals surface area contributed by atoms with Crippen LogP contribution in [0.1, 0.15) is 75.1 Å². The molecule has 0 unspecified atom stereocenters. The molecule has 0 aromatic heterocycles. The molecule has 8 heteroatoms. The van der Waals surface area contributed by atoms with Crippen LogP contribution in [0, 0.1) is 0 Å². The smallest absolute Gasteiger partial charge is 0.232 e. The molecule has 0 aliphatic rings. The molecular formula is C22H35BrN2O4S. The molecule has 0 amide bonds. The van der Waals surface area contributed by atoms with E-state index in [-0.39, 0.29) is 23.4 Å². The van der Waals surface area contributed by atoms with Gasteiger partial charge in [-0.3, -0.25) is 14.3 Å². The molecule has 30 heavy (non-hydrogen) atoms. The molecule has 1 N–H and O–H groups in total. The molecule has 1 aromatic rings. The quantitative estimate of drug-likeness (QED) is 0.194. The van der Waals surface area contributed by atoms with Gasteiger partial charge in [0.15, 0.2) is 0 Å². The third kappa shape index (κ3) is 10.7. The minimum Gasteiger partial charge on any atom is -0.309 e. The average molecular weight is 504 g/mol. The Morgan fingerprint density at radius 2 is 1.67 bits per heavy atom. The number of Topliss-reactive ketones (excluding diaryl/α,β-unsaturated/α-hetero) is 2. The first-order chi connectivity index (χ1) is 14.2. The van der Waals surface area contributed by atoms with Crippen LogP contribution in [-0.2, 0) is 14.8 Å². The fourth-order valence-corrected chi connectivity index (χ4v) is 4.62. The number of nitrogens with one attached hydrogen (secondary N) is 1. The standard InChI is InChI=1S/C22H35BrN2O4S/c1-4-5-6-7-8-11-16-30(28,29)24-20-14-13-18(23)17-19(20)22(27)21(26)12-9-10-15-25(2)3/h13-14,17,24H,4-12,15-16H2,1-3H3. The summed E-state index contributed by atoms with van der Waals surface area (Å²) in [5.74, 6) is -1.15. The maximum absolute atomic E-state index is 12.7. The van der Waals surface area contributed by atoms with Crippen molar-refractivity contribution in [2.45, 2.75) is 64.7 Å². The van der Waals surface area contributed by atoms with Crippen LogP contribution >= 0.6 is 15.9 Å². The molecule has 0 spiro atoms. The van der Waals surface area contributed by atoms with E-state index in [1.807, 2.05) is 19.0 Å². The van der Waals surface area contributed by atoms with Crippen LogP contribution in [-0.4, -0.2) is 51.3 Å². The summed E-state index contributed by atoms with van der Waals surface area (Å²) in [7, 11) is 0.326. The maximum atomic E-state index is 12.7. The Hall–Kier alpha value is -1.25. The van der Waals surface area contributed by atoms with Crippen molar-refractivity contribution in [1.82, 2.24) is 4.90 Å². The zero-order chi connectivity index (χ0) is 22.6. The summed E-state index contributed by atoms with van der Waals surface area (Å²) in [6.07, 6.45) is 7.48. The van der Waals surface area contributed by atoms with Crippen LogP contribution in [0.4, 0.5) is 5.69 Å². The molecule has 0 aliphatic carbocycles. The second-order valence-corrected chi connectivity index (χ2v) is 10.6. The number of unbranched alkanes of at least 4 members (excludes halogenated alkanes) is 6. The van der Waals surface area contributed by atoms with Gasteiger partial charge >= 0.3 is 0 Å². The predicted molar refractivity (Wildman–Crippen MR) is 127 cm³/mol. The van der Waals surface area contributed by atoms with Crippen molar-refractivity contribution in [3.63, 3.8) is 0 Å². The number of carbonyl (C=O) groups is 2. The van der Waals surface area contributed by atoms with E-state index >= 15 is 0 Å². The molecule has 170 valence electrons. The number of hydrogen-bond donors (Lipinski definition) is 1. The summed E-state index contributed by atoms with van der Waals surface area (Å²) in [6, 6.07) is 4.68. The molecule has 0 radical (unpaired) electrons. The number of hydrogen-bond acceptors (Lipinski definition) is 5. The fraction of sp³-hybridized carbons (Fsp3) is 0.636. The number of carbonyl (C=O) groups excluding carboxylic acids is 2. The number of benzene rings is 1. The van der Waals surface area contributed by atoms with E-state index in [1.165, 1.54) is 18.6 Å². The van der Waals surface area contributed by atoms with Crippen molar-refractivity contribution in [2.75, 3.05) is 31.1 Å². The fourth-order valence-electron chi connectivity index (χ4n) is 3.06. The van der Waals surface area contributed by atoms with Crippen molar-refractivity contribution in [2.24, 2.45) is 0 Å². The monoisotopic (exact) mass is 502 g/mol. The van der Waals surface area contributed by atoms with Crippen molar-refractivity contribution in [1.29, 1.82) is 0 Å². The summed E-state index contributed by atoms with van der Waals surface area (Å²) in [6.45, 7) is 2.99.